The van der Waals surface area contributed by atoms with Crippen molar-refractivity contribution in [3.63, 3.8) is 0 Å². The number of nitrogens with zero attached hydrogens (tertiary/aromatic N) is 2. The third kappa shape index (κ3) is 3.53. The number of rotatable bonds is 3. The van der Waals surface area contributed by atoms with Crippen LogP contribution in [0.5, 0.6) is 5.75 Å². The second kappa shape index (κ2) is 7.58. The van der Waals surface area contributed by atoms with Gasteiger partial charge in [0.1, 0.15) is 5.75 Å². The van der Waals surface area contributed by atoms with E-state index in [-0.39, 0.29) is 12.1 Å². The molecule has 0 bridgehead atoms. The van der Waals surface area contributed by atoms with Gasteiger partial charge in [-0.05, 0) is 48.4 Å². The van der Waals surface area contributed by atoms with Gasteiger partial charge in [-0.2, -0.15) is 0 Å². The van der Waals surface area contributed by atoms with Crippen molar-refractivity contribution in [2.45, 2.75) is 19.0 Å². The molecule has 138 valence electrons. The number of hydrogen-bond acceptors (Lipinski definition) is 2. The summed E-state index contributed by atoms with van der Waals surface area (Å²) in [4.78, 5) is 15.1. The monoisotopic (exact) mass is 361 g/mol. The second-order valence-electron chi connectivity index (χ2n) is 6.65. The van der Waals surface area contributed by atoms with Crippen LogP contribution in [-0.4, -0.2) is 29.2 Å². The Balaban J connectivity index is 1.70. The summed E-state index contributed by atoms with van der Waals surface area (Å²) in [6, 6.07) is 21.5. The number of para-hydroxylation sites is 1. The van der Waals surface area contributed by atoms with Gasteiger partial charge in [0, 0.05) is 30.7 Å². The maximum Gasteiger partial charge on any atom is 0.322 e. The van der Waals surface area contributed by atoms with E-state index >= 15 is 0 Å². The molecule has 2 aromatic carbocycles. The van der Waals surface area contributed by atoms with Gasteiger partial charge in [0.25, 0.3) is 0 Å². The number of carbonyl (C=O) groups is 1. The van der Waals surface area contributed by atoms with Gasteiger partial charge in [0.2, 0.25) is 0 Å². The highest BCUT2D eigenvalue weighted by Crippen LogP contribution is 2.33. The molecule has 5 nitrogen and oxygen atoms in total. The standard InChI is InChI=1S/C22H23N3O2/c1-27-19-12-10-17(11-13-19)21-20-9-5-14-24(20)15-6-16-25(21)22(26)23-18-7-3-2-4-8-18/h2-5,7-14,21H,6,15-16H2,1H3,(H,23,26). The summed E-state index contributed by atoms with van der Waals surface area (Å²) >= 11 is 0. The summed E-state index contributed by atoms with van der Waals surface area (Å²) in [6.45, 7) is 1.60. The molecule has 1 unspecified atom stereocenters. The zero-order valence-corrected chi connectivity index (χ0v) is 15.3. The molecule has 3 aromatic rings. The Morgan fingerprint density at radius 1 is 1.00 bits per heavy atom. The van der Waals surface area contributed by atoms with Crippen molar-refractivity contribution in [2.24, 2.45) is 0 Å². The van der Waals surface area contributed by atoms with Crippen molar-refractivity contribution in [1.29, 1.82) is 0 Å². The van der Waals surface area contributed by atoms with Crippen LogP contribution in [0.1, 0.15) is 23.7 Å². The third-order valence-electron chi connectivity index (χ3n) is 4.97. The van der Waals surface area contributed by atoms with Crippen LogP contribution >= 0.6 is 0 Å². The average Bonchev–Trinajstić information content (AvgIpc) is 3.08. The molecule has 1 aromatic heterocycles. The molecule has 4 rings (SSSR count). The predicted octanol–water partition coefficient (Wildman–Crippen LogP) is 4.52. The molecule has 5 heteroatoms. The van der Waals surface area contributed by atoms with Crippen LogP contribution in [0.2, 0.25) is 0 Å². The number of fused-ring (bicyclic) bond motifs is 1. The van der Waals surface area contributed by atoms with Gasteiger partial charge in [-0.25, -0.2) is 4.79 Å². The number of anilines is 1. The fraction of sp³-hybridized carbons (Fsp3) is 0.227. The summed E-state index contributed by atoms with van der Waals surface area (Å²) in [5.41, 5.74) is 3.00. The summed E-state index contributed by atoms with van der Waals surface area (Å²) in [5.74, 6) is 0.808. The maximum absolute atomic E-state index is 13.1. The Kier molecular flexibility index (Phi) is 4.83. The van der Waals surface area contributed by atoms with Crippen molar-refractivity contribution in [3.8, 4) is 5.75 Å². The summed E-state index contributed by atoms with van der Waals surface area (Å²) in [6.07, 6.45) is 3.00. The molecule has 1 atom stereocenters. The molecular weight excluding hydrogens is 338 g/mol. The van der Waals surface area contributed by atoms with Crippen LogP contribution in [0.3, 0.4) is 0 Å². The Labute approximate surface area is 159 Å². The van der Waals surface area contributed by atoms with Gasteiger partial charge in [-0.1, -0.05) is 30.3 Å². The number of ether oxygens (including phenoxy) is 1. The van der Waals surface area contributed by atoms with Crippen molar-refractivity contribution < 1.29 is 9.53 Å². The third-order valence-corrected chi connectivity index (χ3v) is 4.97. The highest BCUT2D eigenvalue weighted by molar-refractivity contribution is 5.89. The van der Waals surface area contributed by atoms with Gasteiger partial charge in [0.05, 0.1) is 13.2 Å². The molecule has 1 aliphatic heterocycles. The van der Waals surface area contributed by atoms with Crippen LogP contribution < -0.4 is 10.1 Å². The number of nitrogens with one attached hydrogen (secondary N) is 1. The molecule has 1 N–H and O–H groups in total. The van der Waals surface area contributed by atoms with Crippen LogP contribution in [0.15, 0.2) is 72.9 Å². The van der Waals surface area contributed by atoms with Crippen molar-refractivity contribution in [2.75, 3.05) is 19.0 Å². The van der Waals surface area contributed by atoms with Gasteiger partial charge < -0.3 is 19.5 Å². The Bertz CT molecular complexity index is 903. The van der Waals surface area contributed by atoms with Gasteiger partial charge in [0.15, 0.2) is 0 Å². The molecule has 2 amide bonds. The summed E-state index contributed by atoms with van der Waals surface area (Å²) in [5, 5.41) is 3.04. The molecule has 0 radical (unpaired) electrons. The maximum atomic E-state index is 13.1. The van der Waals surface area contributed by atoms with E-state index in [1.165, 1.54) is 0 Å². The van der Waals surface area contributed by atoms with Crippen LogP contribution in [0.4, 0.5) is 10.5 Å². The number of methoxy groups -OCH3 is 1. The smallest absolute Gasteiger partial charge is 0.322 e. The predicted molar refractivity (Wildman–Crippen MR) is 106 cm³/mol. The summed E-state index contributed by atoms with van der Waals surface area (Å²) < 4.78 is 7.53. The fourth-order valence-corrected chi connectivity index (χ4v) is 3.65. The molecular formula is C22H23N3O2. The lowest BCUT2D eigenvalue weighted by atomic mass is 10.0. The number of aromatic nitrogens is 1. The average molecular weight is 361 g/mol. The van der Waals surface area contributed by atoms with E-state index in [1.807, 2.05) is 65.6 Å². The Morgan fingerprint density at radius 2 is 1.78 bits per heavy atom. The van der Waals surface area contributed by atoms with Crippen molar-refractivity contribution >= 4 is 11.7 Å². The van der Waals surface area contributed by atoms with Gasteiger partial charge >= 0.3 is 6.03 Å². The SMILES string of the molecule is COc1ccc(C2c3cccn3CCCN2C(=O)Nc2ccccc2)cc1. The fourth-order valence-electron chi connectivity index (χ4n) is 3.65. The first-order chi connectivity index (χ1) is 13.3. The molecule has 2 heterocycles. The van der Waals surface area contributed by atoms with E-state index in [1.54, 1.807) is 7.11 Å². The van der Waals surface area contributed by atoms with E-state index in [0.717, 1.165) is 35.7 Å². The molecule has 0 aliphatic carbocycles. The van der Waals surface area contributed by atoms with E-state index < -0.39 is 0 Å². The first kappa shape index (κ1) is 17.2. The van der Waals surface area contributed by atoms with Crippen LogP contribution in [-0.2, 0) is 6.54 Å². The minimum absolute atomic E-state index is 0.0864. The molecule has 0 saturated carbocycles. The molecule has 0 spiro atoms. The highest BCUT2D eigenvalue weighted by Gasteiger charge is 2.30. The van der Waals surface area contributed by atoms with Gasteiger partial charge in [-0.3, -0.25) is 0 Å². The van der Waals surface area contributed by atoms with Crippen molar-refractivity contribution in [3.05, 3.63) is 84.2 Å². The molecule has 0 fully saturated rings. The minimum Gasteiger partial charge on any atom is -0.497 e. The first-order valence-electron chi connectivity index (χ1n) is 9.18. The zero-order valence-electron chi connectivity index (χ0n) is 15.3. The summed E-state index contributed by atoms with van der Waals surface area (Å²) in [7, 11) is 1.66. The van der Waals surface area contributed by atoms with Crippen molar-refractivity contribution in [1.82, 2.24) is 9.47 Å². The number of urea groups is 1. The zero-order chi connectivity index (χ0) is 18.6. The lowest BCUT2D eigenvalue weighted by Crippen LogP contribution is -2.38. The van der Waals surface area contributed by atoms with Crippen LogP contribution in [0, 0.1) is 0 Å². The largest absolute Gasteiger partial charge is 0.497 e. The van der Waals surface area contributed by atoms with Gasteiger partial charge in [-0.15, -0.1) is 0 Å². The number of hydrogen-bond donors (Lipinski definition) is 1. The lowest BCUT2D eigenvalue weighted by Gasteiger charge is -2.31. The van der Waals surface area contributed by atoms with E-state index in [0.29, 0.717) is 6.54 Å². The molecule has 0 saturated heterocycles. The number of aryl methyl sites for hydroxylation is 1. The number of carbonyl (C=O) groups excluding carboxylic acids is 1. The molecule has 1 aliphatic rings. The second-order valence-corrected chi connectivity index (χ2v) is 6.65. The van der Waals surface area contributed by atoms with Crippen LogP contribution in [0.25, 0.3) is 0 Å². The molecule has 27 heavy (non-hydrogen) atoms. The van der Waals surface area contributed by atoms with E-state index in [4.69, 9.17) is 4.74 Å². The quantitative estimate of drug-likeness (QED) is 0.745. The first-order valence-corrected chi connectivity index (χ1v) is 9.18. The number of amides is 2. The normalized spacial score (nSPS) is 16.3. The Hall–Kier alpha value is -3.21. The topological polar surface area (TPSA) is 46.5 Å². The highest BCUT2D eigenvalue weighted by atomic mass is 16.5. The van der Waals surface area contributed by atoms with E-state index in [9.17, 15) is 4.79 Å². The number of benzene rings is 2. The Morgan fingerprint density at radius 3 is 2.52 bits per heavy atom. The minimum atomic E-state index is -0.142. The lowest BCUT2D eigenvalue weighted by molar-refractivity contribution is 0.199. The van der Waals surface area contributed by atoms with E-state index in [2.05, 4.69) is 22.1 Å².